The Balaban J connectivity index is 2.18. The SMILES string of the molecule is O=[N+]([O-])c1cc(Cl)ccc1COc1ccc(CCl)cc1Br. The first kappa shape index (κ1) is 16.1. The summed E-state index contributed by atoms with van der Waals surface area (Å²) in [7, 11) is 0. The van der Waals surface area contributed by atoms with Gasteiger partial charge in [-0.25, -0.2) is 0 Å². The number of halogens is 3. The van der Waals surface area contributed by atoms with Crippen molar-refractivity contribution in [2.75, 3.05) is 0 Å². The van der Waals surface area contributed by atoms with E-state index in [2.05, 4.69) is 15.9 Å². The molecule has 0 amide bonds. The average Bonchev–Trinajstić information content (AvgIpc) is 2.46. The topological polar surface area (TPSA) is 52.4 Å². The van der Waals surface area contributed by atoms with Crippen molar-refractivity contribution in [2.45, 2.75) is 12.5 Å². The number of benzene rings is 2. The van der Waals surface area contributed by atoms with Gasteiger partial charge < -0.3 is 4.74 Å². The van der Waals surface area contributed by atoms with Crippen LogP contribution in [0.4, 0.5) is 5.69 Å². The summed E-state index contributed by atoms with van der Waals surface area (Å²) in [5.41, 5.74) is 1.35. The van der Waals surface area contributed by atoms with Crippen molar-refractivity contribution in [3.05, 3.63) is 67.1 Å². The second kappa shape index (κ2) is 7.11. The zero-order valence-corrected chi connectivity index (χ0v) is 13.8. The summed E-state index contributed by atoms with van der Waals surface area (Å²) >= 11 is 14.9. The van der Waals surface area contributed by atoms with E-state index in [1.54, 1.807) is 18.2 Å². The number of nitrogens with zero attached hydrogens (tertiary/aromatic N) is 1. The van der Waals surface area contributed by atoms with Crippen molar-refractivity contribution in [1.29, 1.82) is 0 Å². The van der Waals surface area contributed by atoms with Gasteiger partial charge in [0.2, 0.25) is 0 Å². The summed E-state index contributed by atoms with van der Waals surface area (Å²) in [6, 6.07) is 9.94. The van der Waals surface area contributed by atoms with Crippen molar-refractivity contribution in [1.82, 2.24) is 0 Å². The van der Waals surface area contributed by atoms with Gasteiger partial charge >= 0.3 is 0 Å². The number of hydrogen-bond acceptors (Lipinski definition) is 3. The summed E-state index contributed by atoms with van der Waals surface area (Å²) in [4.78, 5) is 10.5. The minimum absolute atomic E-state index is 0.0593. The monoisotopic (exact) mass is 389 g/mol. The molecule has 0 aliphatic heterocycles. The molecule has 0 atom stereocenters. The summed E-state index contributed by atoms with van der Waals surface area (Å²) < 4.78 is 6.36. The Hall–Kier alpha value is -1.30. The highest BCUT2D eigenvalue weighted by Gasteiger charge is 2.15. The number of nitro benzene ring substituents is 1. The van der Waals surface area contributed by atoms with Crippen molar-refractivity contribution in [3.63, 3.8) is 0 Å². The highest BCUT2D eigenvalue weighted by molar-refractivity contribution is 9.10. The minimum Gasteiger partial charge on any atom is -0.487 e. The maximum atomic E-state index is 11.0. The molecule has 0 N–H and O–H groups in total. The summed E-state index contributed by atoms with van der Waals surface area (Å²) in [5.74, 6) is 0.995. The molecule has 0 aliphatic rings. The minimum atomic E-state index is -0.476. The normalized spacial score (nSPS) is 10.4. The molecule has 0 saturated heterocycles. The van der Waals surface area contributed by atoms with E-state index < -0.39 is 4.92 Å². The van der Waals surface area contributed by atoms with Crippen LogP contribution in [0.3, 0.4) is 0 Å². The van der Waals surface area contributed by atoms with Gasteiger partial charge in [-0.2, -0.15) is 0 Å². The molecule has 0 aliphatic carbocycles. The maximum absolute atomic E-state index is 11.0. The van der Waals surface area contributed by atoms with Crippen LogP contribution in [-0.4, -0.2) is 4.92 Å². The van der Waals surface area contributed by atoms with Gasteiger partial charge in [0, 0.05) is 17.0 Å². The summed E-state index contributed by atoms with van der Waals surface area (Å²) in [6.07, 6.45) is 0. The molecular weight excluding hydrogens is 381 g/mol. The zero-order chi connectivity index (χ0) is 15.4. The van der Waals surface area contributed by atoms with Crippen molar-refractivity contribution in [2.24, 2.45) is 0 Å². The third kappa shape index (κ3) is 4.09. The first-order valence-corrected chi connectivity index (χ1v) is 7.62. The Morgan fingerprint density at radius 2 is 2.00 bits per heavy atom. The fourth-order valence-electron chi connectivity index (χ4n) is 1.73. The number of nitro groups is 1. The molecule has 110 valence electrons. The molecule has 0 aromatic heterocycles. The molecule has 2 aromatic carbocycles. The molecule has 0 unspecified atom stereocenters. The highest BCUT2D eigenvalue weighted by Crippen LogP contribution is 2.29. The van der Waals surface area contributed by atoms with Crippen LogP contribution < -0.4 is 4.74 Å². The Labute approximate surface area is 139 Å². The Kier molecular flexibility index (Phi) is 5.45. The Bertz CT molecular complexity index is 679. The number of hydrogen-bond donors (Lipinski definition) is 0. The first-order valence-electron chi connectivity index (χ1n) is 5.91. The number of ether oxygens (including phenoxy) is 1. The molecule has 0 fully saturated rings. The summed E-state index contributed by atoms with van der Waals surface area (Å²) in [5, 5.41) is 11.3. The molecular formula is C14H10BrCl2NO3. The summed E-state index contributed by atoms with van der Waals surface area (Å²) in [6.45, 7) is 0.0757. The van der Waals surface area contributed by atoms with E-state index in [4.69, 9.17) is 27.9 Å². The van der Waals surface area contributed by atoms with Crippen LogP contribution in [0.25, 0.3) is 0 Å². The van der Waals surface area contributed by atoms with Gasteiger partial charge in [-0.05, 0) is 45.8 Å². The Morgan fingerprint density at radius 1 is 1.24 bits per heavy atom. The lowest BCUT2D eigenvalue weighted by molar-refractivity contribution is -0.385. The fourth-order valence-corrected chi connectivity index (χ4v) is 2.60. The number of rotatable bonds is 5. The quantitative estimate of drug-likeness (QED) is 0.394. The van der Waals surface area contributed by atoms with Crippen molar-refractivity contribution < 1.29 is 9.66 Å². The molecule has 2 aromatic rings. The van der Waals surface area contributed by atoms with Crippen LogP contribution in [0.15, 0.2) is 40.9 Å². The van der Waals surface area contributed by atoms with Gasteiger partial charge in [-0.15, -0.1) is 11.6 Å². The smallest absolute Gasteiger partial charge is 0.277 e. The van der Waals surface area contributed by atoms with Gasteiger partial charge in [0.15, 0.2) is 0 Å². The molecule has 0 saturated carbocycles. The molecule has 0 spiro atoms. The molecule has 7 heteroatoms. The maximum Gasteiger partial charge on any atom is 0.277 e. The van der Waals surface area contributed by atoms with E-state index in [-0.39, 0.29) is 12.3 Å². The van der Waals surface area contributed by atoms with E-state index in [1.165, 1.54) is 6.07 Å². The molecule has 0 heterocycles. The van der Waals surface area contributed by atoms with E-state index in [0.717, 1.165) is 10.0 Å². The van der Waals surface area contributed by atoms with Crippen molar-refractivity contribution in [3.8, 4) is 5.75 Å². The van der Waals surface area contributed by atoms with Gasteiger partial charge in [-0.1, -0.05) is 17.7 Å². The highest BCUT2D eigenvalue weighted by atomic mass is 79.9. The lowest BCUT2D eigenvalue weighted by Crippen LogP contribution is -2.01. The molecule has 2 rings (SSSR count). The fraction of sp³-hybridized carbons (Fsp3) is 0.143. The first-order chi connectivity index (χ1) is 10.0. The third-order valence-corrected chi connectivity index (χ3v) is 3.94. The van der Waals surface area contributed by atoms with Gasteiger partial charge in [0.05, 0.1) is 15.0 Å². The van der Waals surface area contributed by atoms with Gasteiger partial charge in [0.1, 0.15) is 12.4 Å². The van der Waals surface area contributed by atoms with E-state index >= 15 is 0 Å². The Morgan fingerprint density at radius 3 is 2.62 bits per heavy atom. The van der Waals surface area contributed by atoms with E-state index in [9.17, 15) is 10.1 Å². The lowest BCUT2D eigenvalue weighted by Gasteiger charge is -2.09. The van der Waals surface area contributed by atoms with Gasteiger partial charge in [-0.3, -0.25) is 10.1 Å². The molecule has 21 heavy (non-hydrogen) atoms. The predicted octanol–water partition coefficient (Wildman–Crippen LogP) is 5.33. The average molecular weight is 391 g/mol. The van der Waals surface area contributed by atoms with Gasteiger partial charge in [0.25, 0.3) is 5.69 Å². The lowest BCUT2D eigenvalue weighted by atomic mass is 10.2. The third-order valence-electron chi connectivity index (χ3n) is 2.78. The largest absolute Gasteiger partial charge is 0.487 e. The van der Waals surface area contributed by atoms with E-state index in [1.807, 2.05) is 12.1 Å². The van der Waals surface area contributed by atoms with Crippen LogP contribution in [-0.2, 0) is 12.5 Å². The van der Waals surface area contributed by atoms with Crippen molar-refractivity contribution >= 4 is 44.8 Å². The van der Waals surface area contributed by atoms with Crippen LogP contribution in [0, 0.1) is 10.1 Å². The standard InChI is InChI=1S/C14H10BrCl2NO3/c15-12-5-9(7-16)1-4-14(12)21-8-10-2-3-11(17)6-13(10)18(19)20/h1-6H,7-8H2. The zero-order valence-electron chi connectivity index (χ0n) is 10.7. The number of alkyl halides is 1. The predicted molar refractivity (Wildman–Crippen MR) is 86.1 cm³/mol. The molecule has 4 nitrogen and oxygen atoms in total. The second-order valence-corrected chi connectivity index (χ2v) is 5.78. The molecule has 0 bridgehead atoms. The molecule has 0 radical (unpaired) electrons. The van der Waals surface area contributed by atoms with E-state index in [0.29, 0.717) is 22.2 Å². The van der Waals surface area contributed by atoms with Crippen LogP contribution in [0.2, 0.25) is 5.02 Å². The van der Waals surface area contributed by atoms with Crippen LogP contribution in [0.5, 0.6) is 5.75 Å². The van der Waals surface area contributed by atoms with Crippen LogP contribution in [0.1, 0.15) is 11.1 Å². The van der Waals surface area contributed by atoms with Crippen LogP contribution >= 0.6 is 39.1 Å². The second-order valence-electron chi connectivity index (χ2n) is 4.22.